The van der Waals surface area contributed by atoms with Crippen molar-refractivity contribution in [3.63, 3.8) is 0 Å². The van der Waals surface area contributed by atoms with Gasteiger partial charge >= 0.3 is 11.6 Å². The number of hydrogen-bond acceptors (Lipinski definition) is 0. The molecular weight excluding hydrogens is 368 g/mol. The average molecular weight is 405 g/mol. The van der Waals surface area contributed by atoms with E-state index in [1.807, 2.05) is 0 Å². The molecule has 0 aliphatic rings. The third-order valence-electron chi connectivity index (χ3n) is 6.06. The van der Waals surface area contributed by atoms with Crippen LogP contribution < -0.4 is 9.13 Å². The van der Waals surface area contributed by atoms with Gasteiger partial charge in [0.2, 0.25) is 0 Å². The quantitative estimate of drug-likeness (QED) is 0.229. The van der Waals surface area contributed by atoms with E-state index in [-0.39, 0.29) is 0 Å². The first-order valence-electron chi connectivity index (χ1n) is 11.8. The first-order chi connectivity index (χ1) is 14.8. The molecule has 4 aromatic rings. The van der Waals surface area contributed by atoms with Gasteiger partial charge in [0.15, 0.2) is 11.0 Å². The number of rotatable bonds is 11. The lowest BCUT2D eigenvalue weighted by molar-refractivity contribution is -0.714. The summed E-state index contributed by atoms with van der Waals surface area (Å²) in [6, 6.07) is 13.0. The van der Waals surface area contributed by atoms with Gasteiger partial charge in [-0.2, -0.15) is 8.80 Å². The Kier molecular flexibility index (Phi) is 6.83. The highest BCUT2D eigenvalue weighted by molar-refractivity contribution is 5.56. The van der Waals surface area contributed by atoms with E-state index in [2.05, 4.69) is 93.0 Å². The molecule has 0 aromatic carbocycles. The Morgan fingerprint density at radius 1 is 0.600 bits per heavy atom. The lowest BCUT2D eigenvalue weighted by Gasteiger charge is -2.03. The monoisotopic (exact) mass is 404 g/mol. The van der Waals surface area contributed by atoms with Gasteiger partial charge in [0, 0.05) is 0 Å². The zero-order chi connectivity index (χ0) is 20.8. The van der Waals surface area contributed by atoms with E-state index in [9.17, 15) is 0 Å². The number of aryl methyl sites for hydroxylation is 2. The smallest absolute Gasteiger partial charge is 0.222 e. The van der Waals surface area contributed by atoms with Crippen molar-refractivity contribution in [3.05, 3.63) is 61.2 Å². The van der Waals surface area contributed by atoms with Crippen LogP contribution in [0.4, 0.5) is 0 Å². The van der Waals surface area contributed by atoms with Crippen LogP contribution in [0.2, 0.25) is 0 Å². The Balaban J connectivity index is 1.80. The summed E-state index contributed by atoms with van der Waals surface area (Å²) in [7, 11) is 0. The van der Waals surface area contributed by atoms with Crippen LogP contribution in [0.15, 0.2) is 61.2 Å². The van der Waals surface area contributed by atoms with Gasteiger partial charge in [-0.15, -0.1) is 0 Å². The molecule has 30 heavy (non-hydrogen) atoms. The topological polar surface area (TPSA) is 16.6 Å². The molecule has 0 N–H and O–H groups in total. The summed E-state index contributed by atoms with van der Waals surface area (Å²) < 4.78 is 9.67. The van der Waals surface area contributed by atoms with Crippen LogP contribution in [0.1, 0.15) is 65.2 Å². The molecule has 4 nitrogen and oxygen atoms in total. The van der Waals surface area contributed by atoms with E-state index >= 15 is 0 Å². The molecule has 0 amide bonds. The lowest BCUT2D eigenvalue weighted by atomic mass is 10.2. The average Bonchev–Trinajstić information content (AvgIpc) is 3.31. The number of aromatic nitrogens is 4. The van der Waals surface area contributed by atoms with Crippen LogP contribution in [0.5, 0.6) is 0 Å². The van der Waals surface area contributed by atoms with Crippen LogP contribution in [0.25, 0.3) is 22.7 Å². The molecule has 0 saturated carbocycles. The fourth-order valence-electron chi connectivity index (χ4n) is 4.46. The molecule has 0 bridgehead atoms. The summed E-state index contributed by atoms with van der Waals surface area (Å²) >= 11 is 0. The van der Waals surface area contributed by atoms with Crippen molar-refractivity contribution in [1.82, 2.24) is 8.80 Å². The van der Waals surface area contributed by atoms with Crippen molar-refractivity contribution in [2.24, 2.45) is 0 Å². The standard InChI is InChI=1S/C26H36N4/c1-3-5-7-11-17-27-21-23-15-9-13-19-29(23)25(27)26-28(18-12-8-6-4-2)22-24-16-10-14-20-30(24)26/h9-10,13-16,19-22H,3-8,11-12,17-18H2,1-2H3/q+2. The highest BCUT2D eigenvalue weighted by Crippen LogP contribution is 2.19. The van der Waals surface area contributed by atoms with Gasteiger partial charge in [0.25, 0.3) is 0 Å². The summed E-state index contributed by atoms with van der Waals surface area (Å²) in [6.07, 6.45) is 19.3. The van der Waals surface area contributed by atoms with Crippen molar-refractivity contribution in [2.75, 3.05) is 0 Å². The second kappa shape index (κ2) is 9.92. The number of unbranched alkanes of at least 4 members (excludes halogenated alkanes) is 6. The molecular formula is C26H36N4+2. The van der Waals surface area contributed by atoms with E-state index in [1.54, 1.807) is 0 Å². The molecule has 4 heteroatoms. The lowest BCUT2D eigenvalue weighted by Crippen LogP contribution is -2.41. The van der Waals surface area contributed by atoms with Gasteiger partial charge < -0.3 is 0 Å². The Morgan fingerprint density at radius 2 is 1.07 bits per heavy atom. The Bertz CT molecular complexity index is 1000. The molecule has 4 aromatic heterocycles. The molecule has 0 saturated heterocycles. The van der Waals surface area contributed by atoms with Gasteiger partial charge in [-0.25, -0.2) is 9.13 Å². The van der Waals surface area contributed by atoms with Gasteiger partial charge in [-0.05, 0) is 49.9 Å². The summed E-state index contributed by atoms with van der Waals surface area (Å²) in [5.41, 5.74) is 2.51. The minimum absolute atomic E-state index is 1.06. The number of nitrogens with zero attached hydrogens (tertiary/aromatic N) is 4. The summed E-state index contributed by atoms with van der Waals surface area (Å²) in [6.45, 7) is 6.68. The number of hydrogen-bond donors (Lipinski definition) is 0. The first-order valence-corrected chi connectivity index (χ1v) is 11.8. The highest BCUT2D eigenvalue weighted by Gasteiger charge is 2.32. The zero-order valence-corrected chi connectivity index (χ0v) is 18.6. The van der Waals surface area contributed by atoms with Crippen molar-refractivity contribution in [1.29, 1.82) is 0 Å². The fourth-order valence-corrected chi connectivity index (χ4v) is 4.46. The van der Waals surface area contributed by atoms with E-state index in [1.165, 1.54) is 74.0 Å². The molecule has 0 spiro atoms. The summed E-state index contributed by atoms with van der Waals surface area (Å²) in [4.78, 5) is 0. The summed E-state index contributed by atoms with van der Waals surface area (Å²) in [5, 5.41) is 0. The molecule has 0 radical (unpaired) electrons. The predicted octanol–water partition coefficient (Wildman–Crippen LogP) is 5.59. The van der Waals surface area contributed by atoms with Crippen LogP contribution in [-0.2, 0) is 13.1 Å². The van der Waals surface area contributed by atoms with Gasteiger partial charge in [0.1, 0.15) is 12.4 Å². The zero-order valence-electron chi connectivity index (χ0n) is 18.6. The van der Waals surface area contributed by atoms with Crippen molar-refractivity contribution in [2.45, 2.75) is 78.3 Å². The fraction of sp³-hybridized carbons (Fsp3) is 0.462. The van der Waals surface area contributed by atoms with Crippen LogP contribution in [-0.4, -0.2) is 8.80 Å². The largest absolute Gasteiger partial charge is 0.378 e. The maximum Gasteiger partial charge on any atom is 0.378 e. The molecule has 4 rings (SSSR count). The SMILES string of the molecule is CCCCCC[n+]1cc2ccccn2c1-c1n2ccccc2c[n+]1CCCCCC. The molecule has 0 aliphatic carbocycles. The Labute approximate surface area is 180 Å². The van der Waals surface area contributed by atoms with Crippen LogP contribution >= 0.6 is 0 Å². The molecule has 4 heterocycles. The second-order valence-electron chi connectivity index (χ2n) is 8.40. The normalized spacial score (nSPS) is 11.7. The predicted molar refractivity (Wildman–Crippen MR) is 122 cm³/mol. The Hall–Kier alpha value is -2.62. The number of imidazole rings is 2. The van der Waals surface area contributed by atoms with E-state index in [0.717, 1.165) is 13.1 Å². The van der Waals surface area contributed by atoms with E-state index in [0.29, 0.717) is 0 Å². The van der Waals surface area contributed by atoms with Crippen molar-refractivity contribution < 1.29 is 9.13 Å². The van der Waals surface area contributed by atoms with Crippen molar-refractivity contribution >= 4 is 11.0 Å². The maximum absolute atomic E-state index is 2.47. The molecule has 0 fully saturated rings. The molecule has 0 unspecified atom stereocenters. The number of pyridine rings is 2. The van der Waals surface area contributed by atoms with Crippen molar-refractivity contribution in [3.8, 4) is 11.6 Å². The highest BCUT2D eigenvalue weighted by atomic mass is 15.2. The molecule has 158 valence electrons. The molecule has 0 aliphatic heterocycles. The maximum atomic E-state index is 2.47. The second-order valence-corrected chi connectivity index (χ2v) is 8.40. The van der Waals surface area contributed by atoms with E-state index < -0.39 is 0 Å². The Morgan fingerprint density at radius 3 is 1.50 bits per heavy atom. The van der Waals surface area contributed by atoms with Crippen LogP contribution in [0, 0.1) is 0 Å². The third-order valence-corrected chi connectivity index (χ3v) is 6.06. The first kappa shape index (κ1) is 20.6. The van der Waals surface area contributed by atoms with Crippen LogP contribution in [0.3, 0.4) is 0 Å². The van der Waals surface area contributed by atoms with Gasteiger partial charge in [-0.3, -0.25) is 0 Å². The molecule has 0 atom stereocenters. The minimum Gasteiger partial charge on any atom is -0.222 e. The number of fused-ring (bicyclic) bond motifs is 2. The third kappa shape index (κ3) is 4.28. The van der Waals surface area contributed by atoms with Gasteiger partial charge in [-0.1, -0.05) is 51.7 Å². The van der Waals surface area contributed by atoms with E-state index in [4.69, 9.17) is 0 Å². The minimum atomic E-state index is 1.06. The van der Waals surface area contributed by atoms with Gasteiger partial charge in [0.05, 0.1) is 25.5 Å². The summed E-state index contributed by atoms with van der Waals surface area (Å²) in [5.74, 6) is 2.56.